The van der Waals surface area contributed by atoms with Crippen molar-refractivity contribution in [2.45, 2.75) is 31.2 Å². The number of aliphatic hydroxyl groups excluding tert-OH is 2. The van der Waals surface area contributed by atoms with Crippen molar-refractivity contribution in [2.24, 2.45) is 5.92 Å². The fourth-order valence-corrected chi connectivity index (χ4v) is 3.74. The van der Waals surface area contributed by atoms with E-state index in [2.05, 4.69) is 27.3 Å². The Morgan fingerprint density at radius 2 is 2.13 bits per heavy atom. The van der Waals surface area contributed by atoms with Gasteiger partial charge in [0.25, 0.3) is 0 Å². The number of halogens is 2. The zero-order valence-corrected chi connectivity index (χ0v) is 17.1. The highest BCUT2D eigenvalue weighted by Crippen LogP contribution is 2.29. The molecule has 1 radical (unpaired) electrons. The number of aromatic nitrogens is 4. The van der Waals surface area contributed by atoms with Gasteiger partial charge in [-0.3, -0.25) is 9.48 Å². The van der Waals surface area contributed by atoms with Crippen molar-refractivity contribution in [3.05, 3.63) is 77.6 Å². The number of anilines is 1. The van der Waals surface area contributed by atoms with Crippen LogP contribution in [0.5, 0.6) is 0 Å². The highest BCUT2D eigenvalue weighted by Gasteiger charge is 2.39. The summed E-state index contributed by atoms with van der Waals surface area (Å²) in [6.45, 7) is 3.95. The Morgan fingerprint density at radius 1 is 1.32 bits per heavy atom. The minimum atomic E-state index is -1.03. The van der Waals surface area contributed by atoms with E-state index in [9.17, 15) is 19.4 Å². The van der Waals surface area contributed by atoms with Gasteiger partial charge in [-0.25, -0.2) is 14.4 Å². The van der Waals surface area contributed by atoms with E-state index in [1.165, 1.54) is 29.3 Å². The molecule has 2 aromatic heterocycles. The van der Waals surface area contributed by atoms with E-state index in [0.29, 0.717) is 17.0 Å². The summed E-state index contributed by atoms with van der Waals surface area (Å²) in [5.41, 5.74) is 0.683. The summed E-state index contributed by atoms with van der Waals surface area (Å²) in [6.07, 6.45) is 2.63. The lowest BCUT2D eigenvalue weighted by Gasteiger charge is -2.19. The average molecular weight is 445 g/mol. The van der Waals surface area contributed by atoms with Crippen molar-refractivity contribution in [2.75, 3.05) is 5.32 Å². The van der Waals surface area contributed by atoms with Gasteiger partial charge in [0.15, 0.2) is 0 Å². The van der Waals surface area contributed by atoms with Gasteiger partial charge in [-0.05, 0) is 37.5 Å². The molecule has 1 aliphatic rings. The van der Waals surface area contributed by atoms with Gasteiger partial charge >= 0.3 is 0 Å². The number of nitrogens with zero attached hydrogens (tertiary/aromatic N) is 4. The van der Waals surface area contributed by atoms with E-state index in [1.54, 1.807) is 18.3 Å². The number of benzene rings is 1. The first-order valence-electron chi connectivity index (χ1n) is 9.61. The number of hydrogen-bond donors (Lipinski definition) is 3. The van der Waals surface area contributed by atoms with Crippen LogP contribution in [-0.2, 0) is 6.54 Å². The van der Waals surface area contributed by atoms with Crippen LogP contribution in [0.3, 0.4) is 0 Å². The normalized spacial score (nSPS) is 23.1. The van der Waals surface area contributed by atoms with E-state index < -0.39 is 29.9 Å². The summed E-state index contributed by atoms with van der Waals surface area (Å²) in [5.74, 6) is -1.00. The lowest BCUT2D eigenvalue weighted by atomic mass is 10.1. The van der Waals surface area contributed by atoms with Gasteiger partial charge in [0.2, 0.25) is 5.78 Å². The summed E-state index contributed by atoms with van der Waals surface area (Å²) in [4.78, 5) is 21.0. The Balaban J connectivity index is 1.53. The number of ketones is 1. The van der Waals surface area contributed by atoms with Gasteiger partial charge in [-0.1, -0.05) is 17.7 Å². The molecule has 0 aliphatic heterocycles. The maximum absolute atomic E-state index is 14.0. The number of carbonyl (C=O) groups is 1. The van der Waals surface area contributed by atoms with Crippen molar-refractivity contribution in [1.82, 2.24) is 19.7 Å². The third-order valence-corrected chi connectivity index (χ3v) is 5.54. The van der Waals surface area contributed by atoms with Crippen LogP contribution < -0.4 is 5.32 Å². The van der Waals surface area contributed by atoms with Crippen LogP contribution >= 0.6 is 11.6 Å². The van der Waals surface area contributed by atoms with E-state index in [-0.39, 0.29) is 29.5 Å². The maximum Gasteiger partial charge on any atom is 0.218 e. The predicted octanol–water partition coefficient (Wildman–Crippen LogP) is 2.10. The van der Waals surface area contributed by atoms with Crippen molar-refractivity contribution >= 4 is 23.2 Å². The van der Waals surface area contributed by atoms with Crippen LogP contribution in [-0.4, -0.2) is 54.0 Å². The van der Waals surface area contributed by atoms with Crippen LogP contribution in [0.2, 0.25) is 5.02 Å². The molecule has 1 saturated carbocycles. The lowest BCUT2D eigenvalue weighted by Crippen LogP contribution is -2.35. The summed E-state index contributed by atoms with van der Waals surface area (Å²) in [6, 6.07) is 5.37. The van der Waals surface area contributed by atoms with Crippen molar-refractivity contribution in [3.63, 3.8) is 0 Å². The molecule has 0 unspecified atom stereocenters. The minimum Gasteiger partial charge on any atom is -0.390 e. The zero-order valence-electron chi connectivity index (χ0n) is 16.3. The van der Waals surface area contributed by atoms with Gasteiger partial charge < -0.3 is 15.5 Å². The van der Waals surface area contributed by atoms with Crippen molar-refractivity contribution in [1.29, 1.82) is 0 Å². The fourth-order valence-electron chi connectivity index (χ4n) is 3.59. The topological polar surface area (TPSA) is 113 Å². The SMILES string of the molecule is [CH2][C@@H]1C[C@@H](Nc2ncncc2C(=O)c2ccn(Cc3ccc(Cl)cc3F)n2)[C@H](O)[C@@H]1O. The fraction of sp³-hybridized carbons (Fsp3) is 0.286. The number of aliphatic hydroxyl groups is 2. The van der Waals surface area contributed by atoms with Crippen molar-refractivity contribution in [3.8, 4) is 0 Å². The van der Waals surface area contributed by atoms with Gasteiger partial charge in [0.05, 0.1) is 24.3 Å². The van der Waals surface area contributed by atoms with E-state index in [4.69, 9.17) is 11.6 Å². The molecule has 4 rings (SSSR count). The largest absolute Gasteiger partial charge is 0.390 e. The molecule has 1 fully saturated rings. The first-order chi connectivity index (χ1) is 14.8. The second-order valence-corrected chi connectivity index (χ2v) is 7.91. The molecule has 1 aromatic carbocycles. The Labute approximate surface area is 182 Å². The van der Waals surface area contributed by atoms with E-state index in [0.717, 1.165) is 0 Å². The Kier molecular flexibility index (Phi) is 5.99. The Morgan fingerprint density at radius 3 is 2.84 bits per heavy atom. The lowest BCUT2D eigenvalue weighted by molar-refractivity contribution is 0.0256. The van der Waals surface area contributed by atoms with Gasteiger partial charge in [-0.2, -0.15) is 5.10 Å². The van der Waals surface area contributed by atoms with Crippen LogP contribution in [0.4, 0.5) is 10.2 Å². The van der Waals surface area contributed by atoms with Gasteiger partial charge in [0, 0.05) is 23.0 Å². The summed E-state index contributed by atoms with van der Waals surface area (Å²) in [5, 5.41) is 27.7. The molecule has 10 heteroatoms. The van der Waals surface area contributed by atoms with Gasteiger partial charge in [0.1, 0.15) is 29.8 Å². The number of nitrogens with one attached hydrogen (secondary N) is 1. The highest BCUT2D eigenvalue weighted by atomic mass is 35.5. The second kappa shape index (κ2) is 8.70. The Hall–Kier alpha value is -2.88. The average Bonchev–Trinajstić information content (AvgIpc) is 3.31. The molecule has 0 saturated heterocycles. The standard InChI is InChI=1S/C21H20ClFN5O3/c1-11-6-17(20(31)18(11)29)26-21-14(8-24-10-25-21)19(30)16-4-5-28(27-16)9-12-2-3-13(22)7-15(12)23/h2-5,7-8,10-11,17-18,20,29,31H,1,6,9H2,(H,24,25,26)/t11-,17-,18-,20+/m1/s1. The molecule has 31 heavy (non-hydrogen) atoms. The van der Waals surface area contributed by atoms with E-state index >= 15 is 0 Å². The molecule has 0 bridgehead atoms. The van der Waals surface area contributed by atoms with Crippen molar-refractivity contribution < 1.29 is 19.4 Å². The quantitative estimate of drug-likeness (QED) is 0.499. The molecule has 3 N–H and O–H groups in total. The molecule has 0 amide bonds. The molecular weight excluding hydrogens is 425 g/mol. The summed E-state index contributed by atoms with van der Waals surface area (Å²) >= 11 is 5.78. The third-order valence-electron chi connectivity index (χ3n) is 5.30. The molecule has 0 spiro atoms. The summed E-state index contributed by atoms with van der Waals surface area (Å²) < 4.78 is 15.5. The molecular formula is C21H20ClFN5O3. The molecule has 3 aromatic rings. The molecule has 8 nitrogen and oxygen atoms in total. The molecule has 2 heterocycles. The predicted molar refractivity (Wildman–Crippen MR) is 111 cm³/mol. The van der Waals surface area contributed by atoms with E-state index in [1.807, 2.05) is 0 Å². The smallest absolute Gasteiger partial charge is 0.218 e. The summed E-state index contributed by atoms with van der Waals surface area (Å²) in [7, 11) is 0. The van der Waals surface area contributed by atoms with Crippen LogP contribution in [0.25, 0.3) is 0 Å². The van der Waals surface area contributed by atoms with Crippen LogP contribution in [0.1, 0.15) is 28.0 Å². The highest BCUT2D eigenvalue weighted by molar-refractivity contribution is 6.30. The zero-order chi connectivity index (χ0) is 22.1. The van der Waals surface area contributed by atoms with Crippen LogP contribution in [0.15, 0.2) is 43.0 Å². The molecule has 4 atom stereocenters. The molecule has 161 valence electrons. The van der Waals surface area contributed by atoms with Gasteiger partial charge in [-0.15, -0.1) is 0 Å². The number of carbonyl (C=O) groups excluding carboxylic acids is 1. The first kappa shape index (κ1) is 21.4. The number of hydrogen-bond acceptors (Lipinski definition) is 7. The monoisotopic (exact) mass is 444 g/mol. The maximum atomic E-state index is 14.0. The molecule has 1 aliphatic carbocycles. The number of rotatable bonds is 6. The minimum absolute atomic E-state index is 0.129. The Bertz CT molecular complexity index is 1110. The first-order valence-corrected chi connectivity index (χ1v) is 9.99. The third kappa shape index (κ3) is 4.43. The second-order valence-electron chi connectivity index (χ2n) is 7.48. The van der Waals surface area contributed by atoms with Crippen LogP contribution in [0, 0.1) is 18.7 Å².